The molecule has 0 amide bonds. The van der Waals surface area contributed by atoms with Gasteiger partial charge in [0.1, 0.15) is 5.75 Å². The molecular formula is C17H11BrO2. The van der Waals surface area contributed by atoms with Gasteiger partial charge in [0.15, 0.2) is 6.29 Å². The van der Waals surface area contributed by atoms with Crippen molar-refractivity contribution in [3.8, 4) is 16.9 Å². The minimum atomic E-state index is 0.257. The first kappa shape index (κ1) is 12.9. The first-order valence-electron chi connectivity index (χ1n) is 6.16. The Balaban J connectivity index is 2.16. The second kappa shape index (κ2) is 5.10. The molecule has 2 nitrogen and oxygen atoms in total. The fourth-order valence-electron chi connectivity index (χ4n) is 2.23. The lowest BCUT2D eigenvalue weighted by molar-refractivity contribution is 0.112. The summed E-state index contributed by atoms with van der Waals surface area (Å²) < 4.78 is 0.822. The van der Waals surface area contributed by atoms with Crippen molar-refractivity contribution in [1.82, 2.24) is 0 Å². The van der Waals surface area contributed by atoms with E-state index in [9.17, 15) is 9.90 Å². The smallest absolute Gasteiger partial charge is 0.151 e. The fraction of sp³-hybridized carbons (Fsp3) is 0. The van der Waals surface area contributed by atoms with Crippen LogP contribution in [0.25, 0.3) is 21.9 Å². The van der Waals surface area contributed by atoms with Crippen LogP contribution >= 0.6 is 15.9 Å². The number of halogens is 1. The first-order chi connectivity index (χ1) is 9.69. The van der Waals surface area contributed by atoms with Gasteiger partial charge in [0.05, 0.1) is 0 Å². The van der Waals surface area contributed by atoms with Crippen LogP contribution in [0.5, 0.6) is 5.75 Å². The Morgan fingerprint density at radius 2 is 1.60 bits per heavy atom. The van der Waals surface area contributed by atoms with Crippen LogP contribution in [-0.2, 0) is 0 Å². The number of aromatic hydroxyl groups is 1. The molecule has 3 aromatic carbocycles. The van der Waals surface area contributed by atoms with Crippen LogP contribution in [0.3, 0.4) is 0 Å². The molecular weight excluding hydrogens is 316 g/mol. The number of phenols is 1. The summed E-state index contributed by atoms with van der Waals surface area (Å²) in [6.45, 7) is 0. The molecule has 0 unspecified atom stereocenters. The van der Waals surface area contributed by atoms with E-state index in [0.717, 1.165) is 32.7 Å². The van der Waals surface area contributed by atoms with Crippen molar-refractivity contribution in [3.63, 3.8) is 0 Å². The highest BCUT2D eigenvalue weighted by Gasteiger charge is 2.06. The van der Waals surface area contributed by atoms with Gasteiger partial charge in [-0.2, -0.15) is 0 Å². The van der Waals surface area contributed by atoms with E-state index in [2.05, 4.69) is 22.0 Å². The largest absolute Gasteiger partial charge is 0.508 e. The second-order valence-electron chi connectivity index (χ2n) is 4.57. The van der Waals surface area contributed by atoms with Crippen molar-refractivity contribution in [2.75, 3.05) is 0 Å². The quantitative estimate of drug-likeness (QED) is 0.687. The molecule has 98 valence electrons. The highest BCUT2D eigenvalue weighted by atomic mass is 79.9. The van der Waals surface area contributed by atoms with Gasteiger partial charge in [-0.25, -0.2) is 0 Å². The van der Waals surface area contributed by atoms with Gasteiger partial charge >= 0.3 is 0 Å². The van der Waals surface area contributed by atoms with E-state index in [4.69, 9.17) is 0 Å². The van der Waals surface area contributed by atoms with Gasteiger partial charge < -0.3 is 5.11 Å². The molecule has 0 atom stereocenters. The molecule has 0 bridgehead atoms. The summed E-state index contributed by atoms with van der Waals surface area (Å²) >= 11 is 3.47. The number of rotatable bonds is 2. The molecule has 0 radical (unpaired) electrons. The average Bonchev–Trinajstić information content (AvgIpc) is 2.48. The number of hydrogen-bond donors (Lipinski definition) is 1. The van der Waals surface area contributed by atoms with E-state index in [1.807, 2.05) is 30.3 Å². The lowest BCUT2D eigenvalue weighted by Crippen LogP contribution is -1.85. The number of benzene rings is 3. The van der Waals surface area contributed by atoms with Gasteiger partial charge in [-0.15, -0.1) is 0 Å². The van der Waals surface area contributed by atoms with E-state index >= 15 is 0 Å². The zero-order valence-electron chi connectivity index (χ0n) is 10.5. The molecule has 3 aromatic rings. The maximum atomic E-state index is 10.9. The summed E-state index contributed by atoms with van der Waals surface area (Å²) in [6.07, 6.45) is 0.845. The predicted molar refractivity (Wildman–Crippen MR) is 84.1 cm³/mol. The van der Waals surface area contributed by atoms with Crippen LogP contribution in [0.2, 0.25) is 0 Å². The molecule has 0 aromatic heterocycles. The van der Waals surface area contributed by atoms with Gasteiger partial charge in [0.25, 0.3) is 0 Å². The third-order valence-corrected chi connectivity index (χ3v) is 4.20. The zero-order chi connectivity index (χ0) is 14.1. The summed E-state index contributed by atoms with van der Waals surface area (Å²) in [5.41, 5.74) is 2.76. The van der Waals surface area contributed by atoms with Crippen LogP contribution < -0.4 is 0 Å². The van der Waals surface area contributed by atoms with Gasteiger partial charge in [-0.05, 0) is 62.1 Å². The highest BCUT2D eigenvalue weighted by molar-refractivity contribution is 9.10. The minimum Gasteiger partial charge on any atom is -0.508 e. The molecule has 0 saturated carbocycles. The summed E-state index contributed by atoms with van der Waals surface area (Å²) in [5.74, 6) is 0.257. The van der Waals surface area contributed by atoms with Crippen molar-refractivity contribution in [2.45, 2.75) is 0 Å². The lowest BCUT2D eigenvalue weighted by atomic mass is 10.00. The Kier molecular flexibility index (Phi) is 3.28. The van der Waals surface area contributed by atoms with E-state index in [-0.39, 0.29) is 5.75 Å². The molecule has 0 aliphatic rings. The molecule has 0 fully saturated rings. The molecule has 3 heteroatoms. The highest BCUT2D eigenvalue weighted by Crippen LogP contribution is 2.31. The van der Waals surface area contributed by atoms with E-state index in [1.54, 1.807) is 18.2 Å². The Morgan fingerprint density at radius 1 is 0.900 bits per heavy atom. The second-order valence-corrected chi connectivity index (χ2v) is 5.36. The molecule has 0 heterocycles. The zero-order valence-corrected chi connectivity index (χ0v) is 12.1. The third-order valence-electron chi connectivity index (χ3n) is 3.31. The van der Waals surface area contributed by atoms with Crippen molar-refractivity contribution in [2.24, 2.45) is 0 Å². The fourth-order valence-corrected chi connectivity index (χ4v) is 2.82. The number of hydrogen-bond acceptors (Lipinski definition) is 2. The van der Waals surface area contributed by atoms with Crippen LogP contribution in [0.4, 0.5) is 0 Å². The molecule has 1 N–H and O–H groups in total. The predicted octanol–water partition coefficient (Wildman–Crippen LogP) is 4.79. The number of phenolic OH excluding ortho intramolecular Hbond substituents is 1. The number of carbonyl (C=O) groups excluding carboxylic acids is 1. The van der Waals surface area contributed by atoms with Gasteiger partial charge in [0, 0.05) is 10.0 Å². The average molecular weight is 327 g/mol. The van der Waals surface area contributed by atoms with E-state index < -0.39 is 0 Å². The Bertz CT molecular complexity index is 792. The summed E-state index contributed by atoms with van der Waals surface area (Å²) in [6, 6.07) is 16.9. The number of aldehydes is 1. The van der Waals surface area contributed by atoms with Crippen LogP contribution in [0.15, 0.2) is 59.1 Å². The Morgan fingerprint density at radius 3 is 2.30 bits per heavy atom. The summed E-state index contributed by atoms with van der Waals surface area (Å²) in [5, 5.41) is 11.4. The van der Waals surface area contributed by atoms with E-state index in [1.165, 1.54) is 0 Å². The Labute approximate surface area is 124 Å². The molecule has 0 aliphatic carbocycles. The van der Waals surface area contributed by atoms with Gasteiger partial charge in [-0.1, -0.05) is 30.3 Å². The molecule has 20 heavy (non-hydrogen) atoms. The molecule has 0 aliphatic heterocycles. The summed E-state index contributed by atoms with van der Waals surface area (Å²) in [4.78, 5) is 10.9. The van der Waals surface area contributed by atoms with Crippen LogP contribution in [-0.4, -0.2) is 11.4 Å². The van der Waals surface area contributed by atoms with Gasteiger partial charge in [-0.3, -0.25) is 4.79 Å². The number of fused-ring (bicyclic) bond motifs is 1. The summed E-state index contributed by atoms with van der Waals surface area (Å²) in [7, 11) is 0. The van der Waals surface area contributed by atoms with Crippen molar-refractivity contribution in [1.29, 1.82) is 0 Å². The number of carbonyl (C=O) groups is 1. The first-order valence-corrected chi connectivity index (χ1v) is 6.95. The standard InChI is InChI=1S/C17H11BrO2/c18-17-14(10-19)2-1-13-9-12(5-8-16(13)17)11-3-6-15(20)7-4-11/h1-10,20H. The maximum absolute atomic E-state index is 10.9. The van der Waals surface area contributed by atoms with Crippen molar-refractivity contribution >= 4 is 33.0 Å². The van der Waals surface area contributed by atoms with Crippen LogP contribution in [0.1, 0.15) is 10.4 Å². The van der Waals surface area contributed by atoms with Crippen LogP contribution in [0, 0.1) is 0 Å². The maximum Gasteiger partial charge on any atom is 0.151 e. The Hall–Kier alpha value is -2.13. The SMILES string of the molecule is O=Cc1ccc2cc(-c3ccc(O)cc3)ccc2c1Br. The normalized spacial score (nSPS) is 10.7. The molecule has 0 saturated heterocycles. The van der Waals surface area contributed by atoms with Crippen molar-refractivity contribution in [3.05, 3.63) is 64.6 Å². The molecule has 3 rings (SSSR count). The minimum absolute atomic E-state index is 0.257. The topological polar surface area (TPSA) is 37.3 Å². The molecule has 0 spiro atoms. The third kappa shape index (κ3) is 2.21. The van der Waals surface area contributed by atoms with Crippen molar-refractivity contribution < 1.29 is 9.90 Å². The van der Waals surface area contributed by atoms with Gasteiger partial charge in [0.2, 0.25) is 0 Å². The monoisotopic (exact) mass is 326 g/mol. The lowest BCUT2D eigenvalue weighted by Gasteiger charge is -2.07. The van der Waals surface area contributed by atoms with E-state index in [0.29, 0.717) is 5.56 Å².